The van der Waals surface area contributed by atoms with Crippen molar-refractivity contribution in [2.75, 3.05) is 6.54 Å². The van der Waals surface area contributed by atoms with E-state index in [-0.39, 0.29) is 6.04 Å². The fraction of sp³-hybridized carbons (Fsp3) is 0.818. The molecule has 1 rings (SSSR count). The molecule has 5 heteroatoms. The van der Waals surface area contributed by atoms with Gasteiger partial charge in [0.2, 0.25) is 0 Å². The minimum Gasteiger partial charge on any atom is -0.382 e. The van der Waals surface area contributed by atoms with Crippen molar-refractivity contribution in [3.63, 3.8) is 0 Å². The molecule has 2 nitrogen and oxygen atoms in total. The molecule has 0 amide bonds. The first-order chi connectivity index (χ1) is 7.45. The summed E-state index contributed by atoms with van der Waals surface area (Å²) in [6.07, 6.45) is -1.32. The predicted octanol–water partition coefficient (Wildman–Crippen LogP) is 2.24. The van der Waals surface area contributed by atoms with Crippen LogP contribution in [-0.2, 0) is 0 Å². The molecule has 0 aromatic rings. The molecule has 0 aromatic carbocycles. The van der Waals surface area contributed by atoms with Crippen molar-refractivity contribution in [2.45, 2.75) is 44.0 Å². The number of allylic oxidation sites excluding steroid dienone is 1. The molecule has 0 heterocycles. The average molecular weight is 237 g/mol. The van der Waals surface area contributed by atoms with Gasteiger partial charge >= 0.3 is 6.18 Å². The normalized spacial score (nSPS) is 20.5. The molecular weight excluding hydrogens is 219 g/mol. The van der Waals surface area contributed by atoms with Crippen LogP contribution in [0.1, 0.15) is 25.7 Å². The summed E-state index contributed by atoms with van der Waals surface area (Å²) in [6.45, 7) is 3.17. The van der Waals surface area contributed by atoms with Crippen molar-refractivity contribution in [3.05, 3.63) is 12.7 Å². The minimum atomic E-state index is -4.53. The predicted molar refractivity (Wildman–Crippen MR) is 56.0 cm³/mol. The standard InChI is InChI=1S/C11H18F3NO/c1-2-3-4-9(8-5-6-8)15-7-10(16)11(12,13)14/h2,8-10,15-16H,1,3-7H2. The monoisotopic (exact) mass is 237 g/mol. The van der Waals surface area contributed by atoms with E-state index in [4.69, 9.17) is 5.11 Å². The van der Waals surface area contributed by atoms with Crippen molar-refractivity contribution >= 4 is 0 Å². The van der Waals surface area contributed by atoms with E-state index in [9.17, 15) is 13.2 Å². The highest BCUT2D eigenvalue weighted by atomic mass is 19.4. The van der Waals surface area contributed by atoms with Crippen LogP contribution in [0, 0.1) is 5.92 Å². The van der Waals surface area contributed by atoms with Crippen molar-refractivity contribution in [1.82, 2.24) is 5.32 Å². The van der Waals surface area contributed by atoms with Gasteiger partial charge in [0.05, 0.1) is 0 Å². The number of hydrogen-bond donors (Lipinski definition) is 2. The van der Waals surface area contributed by atoms with Gasteiger partial charge in [-0.3, -0.25) is 0 Å². The van der Waals surface area contributed by atoms with Crippen molar-refractivity contribution in [3.8, 4) is 0 Å². The minimum absolute atomic E-state index is 0.0787. The van der Waals surface area contributed by atoms with Gasteiger partial charge in [0, 0.05) is 12.6 Å². The highest BCUT2D eigenvalue weighted by molar-refractivity contribution is 4.88. The lowest BCUT2D eigenvalue weighted by Gasteiger charge is -2.21. The van der Waals surface area contributed by atoms with Crippen LogP contribution in [0.5, 0.6) is 0 Å². The Labute approximate surface area is 93.5 Å². The number of nitrogens with one attached hydrogen (secondary N) is 1. The van der Waals surface area contributed by atoms with Crippen LogP contribution >= 0.6 is 0 Å². The third-order valence-corrected chi connectivity index (χ3v) is 2.82. The molecule has 0 bridgehead atoms. The number of aliphatic hydroxyl groups excluding tert-OH is 1. The second-order valence-electron chi connectivity index (χ2n) is 4.28. The van der Waals surface area contributed by atoms with Gasteiger partial charge in [-0.15, -0.1) is 6.58 Å². The lowest BCUT2D eigenvalue weighted by molar-refractivity contribution is -0.202. The van der Waals surface area contributed by atoms with Gasteiger partial charge in [-0.2, -0.15) is 13.2 Å². The van der Waals surface area contributed by atoms with E-state index in [1.165, 1.54) is 0 Å². The van der Waals surface area contributed by atoms with Crippen LogP contribution in [0.3, 0.4) is 0 Å². The Morgan fingerprint density at radius 3 is 2.50 bits per heavy atom. The Balaban J connectivity index is 2.29. The Hall–Kier alpha value is -0.550. The van der Waals surface area contributed by atoms with Gasteiger partial charge in [-0.05, 0) is 31.6 Å². The number of rotatable bonds is 7. The SMILES string of the molecule is C=CCCC(NCC(O)C(F)(F)F)C1CC1. The van der Waals surface area contributed by atoms with Gasteiger partial charge in [-0.25, -0.2) is 0 Å². The van der Waals surface area contributed by atoms with Gasteiger partial charge in [0.15, 0.2) is 6.10 Å². The van der Waals surface area contributed by atoms with Crippen LogP contribution < -0.4 is 5.32 Å². The molecule has 0 aromatic heterocycles. The van der Waals surface area contributed by atoms with Crippen LogP contribution in [0.25, 0.3) is 0 Å². The molecule has 16 heavy (non-hydrogen) atoms. The Kier molecular flexibility index (Phi) is 4.80. The maximum absolute atomic E-state index is 12.1. The van der Waals surface area contributed by atoms with Gasteiger partial charge in [0.1, 0.15) is 0 Å². The summed E-state index contributed by atoms with van der Waals surface area (Å²) in [4.78, 5) is 0. The zero-order valence-electron chi connectivity index (χ0n) is 9.13. The Morgan fingerprint density at radius 1 is 1.44 bits per heavy atom. The van der Waals surface area contributed by atoms with Crippen LogP contribution in [-0.4, -0.2) is 30.0 Å². The number of alkyl halides is 3. The molecule has 0 spiro atoms. The molecule has 1 aliphatic rings. The first-order valence-corrected chi connectivity index (χ1v) is 5.54. The summed E-state index contributed by atoms with van der Waals surface area (Å²) in [7, 11) is 0. The lowest BCUT2D eigenvalue weighted by Crippen LogP contribution is -2.43. The quantitative estimate of drug-likeness (QED) is 0.666. The number of halogens is 3. The zero-order chi connectivity index (χ0) is 12.2. The van der Waals surface area contributed by atoms with E-state index < -0.39 is 18.8 Å². The van der Waals surface area contributed by atoms with E-state index in [1.54, 1.807) is 6.08 Å². The Morgan fingerprint density at radius 2 is 2.06 bits per heavy atom. The molecule has 94 valence electrons. The fourth-order valence-corrected chi connectivity index (χ4v) is 1.68. The lowest BCUT2D eigenvalue weighted by atomic mass is 10.1. The summed E-state index contributed by atoms with van der Waals surface area (Å²) in [5.74, 6) is 0.473. The average Bonchev–Trinajstić information content (AvgIpc) is 2.99. The highest BCUT2D eigenvalue weighted by Gasteiger charge is 2.39. The molecule has 0 saturated heterocycles. The van der Waals surface area contributed by atoms with Crippen LogP contribution in [0.15, 0.2) is 12.7 Å². The molecule has 2 atom stereocenters. The van der Waals surface area contributed by atoms with Gasteiger partial charge < -0.3 is 10.4 Å². The third-order valence-electron chi connectivity index (χ3n) is 2.82. The van der Waals surface area contributed by atoms with Crippen LogP contribution in [0.2, 0.25) is 0 Å². The molecule has 1 aliphatic carbocycles. The zero-order valence-corrected chi connectivity index (χ0v) is 9.13. The second-order valence-corrected chi connectivity index (χ2v) is 4.28. The van der Waals surface area contributed by atoms with E-state index in [0.717, 1.165) is 25.7 Å². The first kappa shape index (κ1) is 13.5. The van der Waals surface area contributed by atoms with E-state index >= 15 is 0 Å². The smallest absolute Gasteiger partial charge is 0.382 e. The number of aliphatic hydroxyl groups is 1. The highest BCUT2D eigenvalue weighted by Crippen LogP contribution is 2.34. The summed E-state index contributed by atoms with van der Waals surface area (Å²) in [5.41, 5.74) is 0. The molecule has 2 N–H and O–H groups in total. The topological polar surface area (TPSA) is 32.3 Å². The Bertz CT molecular complexity index is 226. The molecule has 0 radical (unpaired) electrons. The van der Waals surface area contributed by atoms with Gasteiger partial charge in [-0.1, -0.05) is 6.08 Å². The molecule has 2 unspecified atom stereocenters. The van der Waals surface area contributed by atoms with E-state index in [2.05, 4.69) is 11.9 Å². The van der Waals surface area contributed by atoms with E-state index in [1.807, 2.05) is 0 Å². The third kappa shape index (κ3) is 4.53. The summed E-state index contributed by atoms with van der Waals surface area (Å²) >= 11 is 0. The maximum atomic E-state index is 12.1. The van der Waals surface area contributed by atoms with Crippen molar-refractivity contribution < 1.29 is 18.3 Å². The van der Waals surface area contributed by atoms with E-state index in [0.29, 0.717) is 5.92 Å². The summed E-state index contributed by atoms with van der Waals surface area (Å²) < 4.78 is 36.2. The molecule has 1 saturated carbocycles. The maximum Gasteiger partial charge on any atom is 0.415 e. The second kappa shape index (κ2) is 5.68. The van der Waals surface area contributed by atoms with Gasteiger partial charge in [0.25, 0.3) is 0 Å². The van der Waals surface area contributed by atoms with Crippen molar-refractivity contribution in [2.24, 2.45) is 5.92 Å². The molecule has 1 fully saturated rings. The largest absolute Gasteiger partial charge is 0.415 e. The summed E-state index contributed by atoms with van der Waals surface area (Å²) in [5, 5.41) is 11.7. The first-order valence-electron chi connectivity index (χ1n) is 5.54. The van der Waals surface area contributed by atoms with Crippen molar-refractivity contribution in [1.29, 1.82) is 0 Å². The molecular formula is C11H18F3NO. The fourth-order valence-electron chi connectivity index (χ4n) is 1.68. The molecule has 0 aliphatic heterocycles. The van der Waals surface area contributed by atoms with Crippen LogP contribution in [0.4, 0.5) is 13.2 Å². The summed E-state index contributed by atoms with van der Waals surface area (Å²) in [6, 6.07) is 0.0787. The number of hydrogen-bond acceptors (Lipinski definition) is 2.